The van der Waals surface area contributed by atoms with Gasteiger partial charge in [0.2, 0.25) is 0 Å². The van der Waals surface area contributed by atoms with Gasteiger partial charge >= 0.3 is 0 Å². The second-order valence-electron chi connectivity index (χ2n) is 9.63. The van der Waals surface area contributed by atoms with Crippen molar-refractivity contribution in [2.75, 3.05) is 12.3 Å². The Balaban J connectivity index is 1.60. The molecule has 2 aromatic heterocycles. The highest BCUT2D eigenvalue weighted by molar-refractivity contribution is 5.99. The minimum absolute atomic E-state index is 0.0669. The monoisotopic (exact) mass is 543 g/mol. The molecule has 40 heavy (non-hydrogen) atoms. The maximum Gasteiger partial charge on any atom is 0.261 e. The smallest absolute Gasteiger partial charge is 0.261 e. The Hall–Kier alpha value is -4.82. The number of amides is 1. The van der Waals surface area contributed by atoms with E-state index >= 15 is 4.39 Å². The fourth-order valence-corrected chi connectivity index (χ4v) is 4.24. The number of hydrogen-bond acceptors (Lipinski definition) is 8. The number of carbonyl (C=O) groups is 1. The number of carbonyl (C=O) groups excluding carboxylic acids is 1. The largest absolute Gasteiger partial charge is 0.457 e. The molecule has 2 aromatic carbocycles. The van der Waals surface area contributed by atoms with Crippen molar-refractivity contribution in [3.63, 3.8) is 0 Å². The summed E-state index contributed by atoms with van der Waals surface area (Å²) in [5.74, 6) is -0.0710. The number of anilines is 1. The van der Waals surface area contributed by atoms with Crippen molar-refractivity contribution in [2.24, 2.45) is 0 Å². The molecule has 0 unspecified atom stereocenters. The SMILES string of the molecule is CCOC(C)(C)/C=C(\C#N)C(=O)N[C@@H](C)Cn1nc(-c2ccc(Oc3ccccc3)cc2F)c2c(N)ncnc21. The number of nitrogens with one attached hydrogen (secondary N) is 1. The van der Waals surface area contributed by atoms with E-state index in [-0.39, 0.29) is 29.2 Å². The van der Waals surface area contributed by atoms with E-state index in [0.29, 0.717) is 29.1 Å². The average Bonchev–Trinajstić information content (AvgIpc) is 3.26. The number of benzene rings is 2. The number of hydrogen-bond donors (Lipinski definition) is 2. The number of halogens is 1. The van der Waals surface area contributed by atoms with Crippen LogP contribution in [0.15, 0.2) is 66.5 Å². The van der Waals surface area contributed by atoms with Gasteiger partial charge < -0.3 is 20.5 Å². The molecule has 0 fully saturated rings. The second kappa shape index (κ2) is 11.9. The van der Waals surface area contributed by atoms with Gasteiger partial charge in [-0.1, -0.05) is 18.2 Å². The number of fused-ring (bicyclic) bond motifs is 1. The Kier molecular flexibility index (Phi) is 8.40. The van der Waals surface area contributed by atoms with E-state index in [4.69, 9.17) is 15.2 Å². The maximum atomic E-state index is 15.3. The minimum Gasteiger partial charge on any atom is -0.457 e. The number of nitrogens with two attached hydrogens (primary N) is 1. The molecule has 0 radical (unpaired) electrons. The minimum atomic E-state index is -0.784. The molecule has 0 aliphatic heterocycles. The van der Waals surface area contributed by atoms with E-state index in [1.54, 1.807) is 45.0 Å². The summed E-state index contributed by atoms with van der Waals surface area (Å²) in [4.78, 5) is 21.2. The number of nitrogen functional groups attached to an aromatic ring is 1. The van der Waals surface area contributed by atoms with Gasteiger partial charge in [-0.3, -0.25) is 4.79 Å². The normalized spacial score (nSPS) is 12.7. The van der Waals surface area contributed by atoms with E-state index < -0.39 is 23.4 Å². The number of aromatic nitrogens is 4. The summed E-state index contributed by atoms with van der Waals surface area (Å²) in [7, 11) is 0. The molecule has 4 rings (SSSR count). The van der Waals surface area contributed by atoms with Gasteiger partial charge in [-0.05, 0) is 58.0 Å². The molecule has 1 amide bonds. The molecule has 206 valence electrons. The van der Waals surface area contributed by atoms with Gasteiger partial charge in [-0.15, -0.1) is 0 Å². The number of nitriles is 1. The molecule has 1 atom stereocenters. The fourth-order valence-electron chi connectivity index (χ4n) is 4.24. The van der Waals surface area contributed by atoms with Crippen molar-refractivity contribution >= 4 is 22.8 Å². The van der Waals surface area contributed by atoms with Gasteiger partial charge in [-0.2, -0.15) is 10.4 Å². The molecule has 0 aliphatic carbocycles. The molecular formula is C29H30FN7O3. The van der Waals surface area contributed by atoms with Crippen LogP contribution in [0.1, 0.15) is 27.7 Å². The van der Waals surface area contributed by atoms with Gasteiger partial charge in [-0.25, -0.2) is 19.0 Å². The highest BCUT2D eigenvalue weighted by Gasteiger charge is 2.23. The highest BCUT2D eigenvalue weighted by Crippen LogP contribution is 2.34. The lowest BCUT2D eigenvalue weighted by molar-refractivity contribution is -0.117. The van der Waals surface area contributed by atoms with E-state index in [1.807, 2.05) is 31.2 Å². The summed E-state index contributed by atoms with van der Waals surface area (Å²) in [6.45, 7) is 7.74. The van der Waals surface area contributed by atoms with Crippen LogP contribution in [0.4, 0.5) is 10.2 Å². The lowest BCUT2D eigenvalue weighted by atomic mass is 10.0. The lowest BCUT2D eigenvalue weighted by Crippen LogP contribution is -2.37. The Morgan fingerprint density at radius 2 is 1.98 bits per heavy atom. The van der Waals surface area contributed by atoms with Crippen LogP contribution in [0.2, 0.25) is 0 Å². The molecule has 0 saturated heterocycles. The van der Waals surface area contributed by atoms with Gasteiger partial charge in [0.1, 0.15) is 46.8 Å². The molecule has 10 nitrogen and oxygen atoms in total. The van der Waals surface area contributed by atoms with E-state index in [1.165, 1.54) is 23.2 Å². The molecule has 11 heteroatoms. The van der Waals surface area contributed by atoms with Crippen LogP contribution in [0, 0.1) is 17.1 Å². The predicted octanol–water partition coefficient (Wildman–Crippen LogP) is 4.78. The quantitative estimate of drug-likeness (QED) is 0.215. The summed E-state index contributed by atoms with van der Waals surface area (Å²) in [6.07, 6.45) is 2.78. The van der Waals surface area contributed by atoms with Crippen LogP contribution in [-0.2, 0) is 16.1 Å². The summed E-state index contributed by atoms with van der Waals surface area (Å²) >= 11 is 0. The number of nitrogens with zero attached hydrogens (tertiary/aromatic N) is 5. The van der Waals surface area contributed by atoms with Crippen LogP contribution in [-0.4, -0.2) is 43.9 Å². The van der Waals surface area contributed by atoms with Gasteiger partial charge in [0.15, 0.2) is 5.65 Å². The van der Waals surface area contributed by atoms with Crippen LogP contribution < -0.4 is 15.8 Å². The zero-order valence-corrected chi connectivity index (χ0v) is 22.7. The second-order valence-corrected chi connectivity index (χ2v) is 9.63. The third kappa shape index (κ3) is 6.42. The zero-order valence-electron chi connectivity index (χ0n) is 22.7. The first-order valence-electron chi connectivity index (χ1n) is 12.7. The van der Waals surface area contributed by atoms with Crippen LogP contribution in [0.5, 0.6) is 11.5 Å². The molecule has 0 spiro atoms. The van der Waals surface area contributed by atoms with Crippen molar-refractivity contribution in [1.82, 2.24) is 25.1 Å². The first-order valence-corrected chi connectivity index (χ1v) is 12.7. The Labute approximate surface area is 231 Å². The van der Waals surface area contributed by atoms with Crippen molar-refractivity contribution in [3.05, 3.63) is 72.3 Å². The van der Waals surface area contributed by atoms with Crippen molar-refractivity contribution in [1.29, 1.82) is 5.26 Å². The third-order valence-electron chi connectivity index (χ3n) is 5.93. The maximum absolute atomic E-state index is 15.3. The van der Waals surface area contributed by atoms with Crippen LogP contribution in [0.3, 0.4) is 0 Å². The highest BCUT2D eigenvalue weighted by atomic mass is 19.1. The molecule has 0 saturated carbocycles. The van der Waals surface area contributed by atoms with Crippen LogP contribution >= 0.6 is 0 Å². The van der Waals surface area contributed by atoms with E-state index in [2.05, 4.69) is 20.4 Å². The molecule has 3 N–H and O–H groups in total. The number of ether oxygens (including phenoxy) is 2. The van der Waals surface area contributed by atoms with Crippen molar-refractivity contribution in [2.45, 2.75) is 45.9 Å². The predicted molar refractivity (Wildman–Crippen MR) is 149 cm³/mol. The summed E-state index contributed by atoms with van der Waals surface area (Å²) in [5.41, 5.74) is 6.14. The molecule has 0 aliphatic rings. The fraction of sp³-hybridized carbons (Fsp3) is 0.276. The topological polar surface area (TPSA) is 141 Å². The number of para-hydroxylation sites is 1. The summed E-state index contributed by atoms with van der Waals surface area (Å²) in [5, 5.41) is 17.3. The van der Waals surface area contributed by atoms with Gasteiger partial charge in [0, 0.05) is 24.3 Å². The van der Waals surface area contributed by atoms with Crippen molar-refractivity contribution < 1.29 is 18.7 Å². The van der Waals surface area contributed by atoms with Crippen molar-refractivity contribution in [3.8, 4) is 28.8 Å². The van der Waals surface area contributed by atoms with Crippen LogP contribution in [0.25, 0.3) is 22.3 Å². The first kappa shape index (κ1) is 28.2. The van der Waals surface area contributed by atoms with Gasteiger partial charge in [0.05, 0.1) is 17.5 Å². The standard InChI is InChI=1S/C29H30FN7O3/c1-5-39-29(3,4)14-19(15-31)28(38)35-18(2)16-37-27-24(26(32)33-17-34-27)25(36-37)22-12-11-21(13-23(22)30)40-20-9-7-6-8-10-20/h6-14,17-18H,5,16H2,1-4H3,(H,35,38)(H2,32,33,34)/b19-14+/t18-/m0/s1. The van der Waals surface area contributed by atoms with E-state index in [9.17, 15) is 10.1 Å². The Morgan fingerprint density at radius 3 is 2.65 bits per heavy atom. The summed E-state index contributed by atoms with van der Waals surface area (Å²) in [6, 6.07) is 15.0. The first-order chi connectivity index (χ1) is 19.1. The molecule has 0 bridgehead atoms. The third-order valence-corrected chi connectivity index (χ3v) is 5.93. The van der Waals surface area contributed by atoms with Gasteiger partial charge in [0.25, 0.3) is 5.91 Å². The number of rotatable bonds is 10. The summed E-state index contributed by atoms with van der Waals surface area (Å²) < 4.78 is 28.2. The molecular weight excluding hydrogens is 513 g/mol. The lowest BCUT2D eigenvalue weighted by Gasteiger charge is -2.21. The molecule has 2 heterocycles. The Bertz CT molecular complexity index is 1590. The molecule has 4 aromatic rings. The Morgan fingerprint density at radius 1 is 1.23 bits per heavy atom. The zero-order chi connectivity index (χ0) is 28.9. The van der Waals surface area contributed by atoms with E-state index in [0.717, 1.165) is 0 Å². The average molecular weight is 544 g/mol.